The van der Waals surface area contributed by atoms with Gasteiger partial charge in [-0.15, -0.1) is 6.58 Å². The molecule has 0 aromatic rings. The molecule has 0 saturated carbocycles. The van der Waals surface area contributed by atoms with Crippen molar-refractivity contribution in [3.05, 3.63) is 12.7 Å². The first-order chi connectivity index (χ1) is 4.83. The quantitative estimate of drug-likeness (QED) is 0.386. The highest BCUT2D eigenvalue weighted by Crippen LogP contribution is 1.80. The molecule has 0 saturated heterocycles. The summed E-state index contributed by atoms with van der Waals surface area (Å²) in [5.41, 5.74) is 0. The second-order valence-corrected chi connectivity index (χ2v) is 1.63. The lowest BCUT2D eigenvalue weighted by molar-refractivity contribution is 0.242. The molecule has 3 N–H and O–H groups in total. The third-order valence-corrected chi connectivity index (χ3v) is 0.695. The first kappa shape index (κ1) is 12.3. The van der Waals surface area contributed by atoms with E-state index in [1.165, 1.54) is 6.08 Å². The smallest absolute Gasteiger partial charge is 0.0609 e. The molecule has 0 radical (unpaired) electrons. The number of rotatable bonds is 4. The molecule has 0 spiro atoms. The normalized spacial score (nSPS) is 7.90. The van der Waals surface area contributed by atoms with Gasteiger partial charge in [-0.1, -0.05) is 6.08 Å². The van der Waals surface area contributed by atoms with Gasteiger partial charge in [-0.25, -0.2) is 0 Å². The average molecular weight is 148 g/mol. The summed E-state index contributed by atoms with van der Waals surface area (Å²) >= 11 is 0. The van der Waals surface area contributed by atoms with Gasteiger partial charge in [-0.05, 0) is 12.8 Å². The van der Waals surface area contributed by atoms with E-state index in [-0.39, 0.29) is 19.8 Å². The van der Waals surface area contributed by atoms with E-state index < -0.39 is 0 Å². The standard InChI is InChI=1S/C4H10O2.C3H6O/c5-3-1-2-4-6;1-2-3-4/h5-6H,1-4H2;2,4H,1,3H2. The summed E-state index contributed by atoms with van der Waals surface area (Å²) < 4.78 is 0. The Labute approximate surface area is 61.6 Å². The summed E-state index contributed by atoms with van der Waals surface area (Å²) in [6.07, 6.45) is 2.87. The summed E-state index contributed by atoms with van der Waals surface area (Å²) in [4.78, 5) is 0. The molecule has 0 aliphatic rings. The van der Waals surface area contributed by atoms with Gasteiger partial charge in [-0.2, -0.15) is 0 Å². The third-order valence-electron chi connectivity index (χ3n) is 0.695. The molecule has 0 fully saturated rings. The predicted octanol–water partition coefficient (Wildman–Crippen LogP) is -0.0841. The Kier molecular flexibility index (Phi) is 19.5. The number of unbranched alkanes of at least 4 members (excludes halogenated alkanes) is 1. The predicted molar refractivity (Wildman–Crippen MR) is 40.7 cm³/mol. The van der Waals surface area contributed by atoms with E-state index in [0.717, 1.165) is 12.8 Å². The molecule has 10 heavy (non-hydrogen) atoms. The minimum absolute atomic E-state index is 0.0833. The van der Waals surface area contributed by atoms with Crippen molar-refractivity contribution < 1.29 is 15.3 Å². The summed E-state index contributed by atoms with van der Waals surface area (Å²) in [6, 6.07) is 0. The fourth-order valence-electron chi connectivity index (χ4n) is 0.224. The van der Waals surface area contributed by atoms with Crippen LogP contribution in [0.4, 0.5) is 0 Å². The Morgan fingerprint density at radius 2 is 1.30 bits per heavy atom. The minimum Gasteiger partial charge on any atom is -0.396 e. The van der Waals surface area contributed by atoms with Crippen molar-refractivity contribution in [3.8, 4) is 0 Å². The molecule has 0 unspecified atom stereocenters. The van der Waals surface area contributed by atoms with Crippen molar-refractivity contribution in [3.63, 3.8) is 0 Å². The first-order valence-electron chi connectivity index (χ1n) is 3.27. The van der Waals surface area contributed by atoms with Gasteiger partial charge in [0.05, 0.1) is 6.61 Å². The van der Waals surface area contributed by atoms with Crippen LogP contribution in [0.25, 0.3) is 0 Å². The van der Waals surface area contributed by atoms with Crippen LogP contribution in [0.5, 0.6) is 0 Å². The maximum atomic E-state index is 8.09. The summed E-state index contributed by atoms with van der Waals surface area (Å²) in [5.74, 6) is 0. The second kappa shape index (κ2) is 15.8. The maximum Gasteiger partial charge on any atom is 0.0609 e. The number of aliphatic hydroxyl groups is 3. The molecule has 0 aromatic heterocycles. The molecule has 0 amide bonds. The molecule has 0 heterocycles. The number of hydrogen-bond acceptors (Lipinski definition) is 3. The lowest BCUT2D eigenvalue weighted by Crippen LogP contribution is -1.85. The van der Waals surface area contributed by atoms with Crippen molar-refractivity contribution in [1.29, 1.82) is 0 Å². The second-order valence-electron chi connectivity index (χ2n) is 1.63. The maximum absolute atomic E-state index is 8.09. The van der Waals surface area contributed by atoms with E-state index in [4.69, 9.17) is 15.3 Å². The van der Waals surface area contributed by atoms with Crippen LogP contribution in [-0.2, 0) is 0 Å². The van der Waals surface area contributed by atoms with Gasteiger partial charge in [0.1, 0.15) is 0 Å². The van der Waals surface area contributed by atoms with Gasteiger partial charge in [0.15, 0.2) is 0 Å². The zero-order valence-electron chi connectivity index (χ0n) is 6.16. The third kappa shape index (κ3) is 25.5. The lowest BCUT2D eigenvalue weighted by Gasteiger charge is -1.85. The zero-order valence-corrected chi connectivity index (χ0v) is 6.16. The zero-order chi connectivity index (χ0) is 8.24. The van der Waals surface area contributed by atoms with Gasteiger partial charge in [0, 0.05) is 13.2 Å². The highest BCUT2D eigenvalue weighted by molar-refractivity contribution is 4.60. The van der Waals surface area contributed by atoms with Crippen LogP contribution >= 0.6 is 0 Å². The van der Waals surface area contributed by atoms with Gasteiger partial charge < -0.3 is 15.3 Å². The van der Waals surface area contributed by atoms with Gasteiger partial charge in [0.25, 0.3) is 0 Å². The Morgan fingerprint density at radius 3 is 1.40 bits per heavy atom. The molecule has 0 rings (SSSR count). The molecule has 0 atom stereocenters. The van der Waals surface area contributed by atoms with E-state index in [1.54, 1.807) is 0 Å². The Hall–Kier alpha value is -0.380. The number of hydrogen-bond donors (Lipinski definition) is 3. The van der Waals surface area contributed by atoms with Crippen molar-refractivity contribution in [2.75, 3.05) is 19.8 Å². The topological polar surface area (TPSA) is 60.7 Å². The van der Waals surface area contributed by atoms with Gasteiger partial charge >= 0.3 is 0 Å². The molecule has 0 aliphatic heterocycles. The van der Waals surface area contributed by atoms with Crippen LogP contribution in [0.15, 0.2) is 12.7 Å². The molecule has 62 valence electrons. The van der Waals surface area contributed by atoms with E-state index >= 15 is 0 Å². The van der Waals surface area contributed by atoms with E-state index in [0.29, 0.717) is 0 Å². The first-order valence-corrected chi connectivity index (χ1v) is 3.27. The Morgan fingerprint density at radius 1 is 1.00 bits per heavy atom. The highest BCUT2D eigenvalue weighted by atomic mass is 16.3. The molecule has 3 nitrogen and oxygen atoms in total. The van der Waals surface area contributed by atoms with Crippen molar-refractivity contribution >= 4 is 0 Å². The fraction of sp³-hybridized carbons (Fsp3) is 0.714. The summed E-state index contributed by atoms with van der Waals surface area (Å²) in [6.45, 7) is 3.70. The average Bonchev–Trinajstić information content (AvgIpc) is 2.01. The Bertz CT molecular complexity index is 50.8. The van der Waals surface area contributed by atoms with Crippen LogP contribution in [-0.4, -0.2) is 35.1 Å². The van der Waals surface area contributed by atoms with Crippen LogP contribution in [0.2, 0.25) is 0 Å². The van der Waals surface area contributed by atoms with Crippen molar-refractivity contribution in [2.24, 2.45) is 0 Å². The van der Waals surface area contributed by atoms with Gasteiger partial charge in [-0.3, -0.25) is 0 Å². The van der Waals surface area contributed by atoms with Crippen molar-refractivity contribution in [2.45, 2.75) is 12.8 Å². The van der Waals surface area contributed by atoms with Crippen LogP contribution in [0.3, 0.4) is 0 Å². The molecular formula is C7H16O3. The van der Waals surface area contributed by atoms with Gasteiger partial charge in [0.2, 0.25) is 0 Å². The molecule has 3 heteroatoms. The monoisotopic (exact) mass is 148 g/mol. The highest BCUT2D eigenvalue weighted by Gasteiger charge is 1.77. The van der Waals surface area contributed by atoms with E-state index in [1.807, 2.05) is 0 Å². The SMILES string of the molecule is C=CCO.OCCCCO. The molecule has 0 bridgehead atoms. The Balaban J connectivity index is 0. The largest absolute Gasteiger partial charge is 0.396 e. The van der Waals surface area contributed by atoms with Crippen LogP contribution in [0, 0.1) is 0 Å². The summed E-state index contributed by atoms with van der Waals surface area (Å²) in [5, 5.41) is 23.9. The van der Waals surface area contributed by atoms with Crippen molar-refractivity contribution in [1.82, 2.24) is 0 Å². The summed E-state index contributed by atoms with van der Waals surface area (Å²) in [7, 11) is 0. The lowest BCUT2D eigenvalue weighted by atomic mass is 10.3. The minimum atomic E-state index is 0.0833. The fourth-order valence-corrected chi connectivity index (χ4v) is 0.224. The van der Waals surface area contributed by atoms with E-state index in [9.17, 15) is 0 Å². The van der Waals surface area contributed by atoms with E-state index in [2.05, 4.69) is 6.58 Å². The molecule has 0 aliphatic carbocycles. The van der Waals surface area contributed by atoms with Crippen LogP contribution in [0.1, 0.15) is 12.8 Å². The van der Waals surface area contributed by atoms with Crippen LogP contribution < -0.4 is 0 Å². The molecule has 0 aromatic carbocycles. The molecular weight excluding hydrogens is 132 g/mol. The number of aliphatic hydroxyl groups excluding tert-OH is 3.